The summed E-state index contributed by atoms with van der Waals surface area (Å²) in [5.74, 6) is 1.00. The molecule has 4 heteroatoms. The van der Waals surface area contributed by atoms with E-state index in [0.717, 1.165) is 17.9 Å². The molecule has 0 aliphatic rings. The van der Waals surface area contributed by atoms with Gasteiger partial charge in [-0.25, -0.2) is 4.99 Å². The number of rotatable bonds is 7. The first-order valence-electron chi connectivity index (χ1n) is 7.69. The van der Waals surface area contributed by atoms with Gasteiger partial charge in [0.1, 0.15) is 5.75 Å². The second-order valence-electron chi connectivity index (χ2n) is 5.13. The normalized spacial score (nSPS) is 11.1. The van der Waals surface area contributed by atoms with Crippen molar-refractivity contribution in [2.45, 2.75) is 26.2 Å². The van der Waals surface area contributed by atoms with Crippen LogP contribution in [0.3, 0.4) is 0 Å². The predicted octanol–water partition coefficient (Wildman–Crippen LogP) is 4.29. The quantitative estimate of drug-likeness (QED) is 0.435. The molecule has 0 aliphatic heterocycles. The first-order chi connectivity index (χ1) is 11.3. The molecule has 0 atom stereocenters. The van der Waals surface area contributed by atoms with Gasteiger partial charge in [-0.2, -0.15) is 0 Å². The van der Waals surface area contributed by atoms with Crippen LogP contribution in [0.5, 0.6) is 5.75 Å². The first kappa shape index (κ1) is 16.7. The van der Waals surface area contributed by atoms with Crippen molar-refractivity contribution in [1.82, 2.24) is 0 Å². The zero-order valence-corrected chi connectivity index (χ0v) is 13.5. The number of nitrogens with zero attached hydrogens (tertiary/aromatic N) is 1. The molecule has 0 saturated carbocycles. The number of unbranched alkanes of at least 4 members (excludes halogenated alkanes) is 1. The molecule has 0 amide bonds. The van der Waals surface area contributed by atoms with Gasteiger partial charge in [0.25, 0.3) is 6.47 Å². The van der Waals surface area contributed by atoms with Gasteiger partial charge in [-0.1, -0.05) is 25.5 Å². The van der Waals surface area contributed by atoms with E-state index in [-0.39, 0.29) is 5.90 Å². The largest absolute Gasteiger partial charge is 0.497 e. The Morgan fingerprint density at radius 2 is 1.78 bits per heavy atom. The highest BCUT2D eigenvalue weighted by atomic mass is 16.5. The Morgan fingerprint density at radius 1 is 1.09 bits per heavy atom. The summed E-state index contributed by atoms with van der Waals surface area (Å²) in [4.78, 5) is 15.2. The van der Waals surface area contributed by atoms with Gasteiger partial charge in [0.05, 0.1) is 12.8 Å². The van der Waals surface area contributed by atoms with Crippen LogP contribution >= 0.6 is 0 Å². The molecule has 0 radical (unpaired) electrons. The summed E-state index contributed by atoms with van der Waals surface area (Å²) in [7, 11) is 1.60. The van der Waals surface area contributed by atoms with Gasteiger partial charge >= 0.3 is 0 Å². The van der Waals surface area contributed by atoms with Crippen molar-refractivity contribution in [3.63, 3.8) is 0 Å². The fraction of sp³-hybridized carbons (Fsp3) is 0.263. The number of methoxy groups -OCH3 is 1. The maximum atomic E-state index is 10.7. The van der Waals surface area contributed by atoms with Crippen molar-refractivity contribution in [3.8, 4) is 5.75 Å². The molecule has 4 nitrogen and oxygen atoms in total. The Labute approximate surface area is 136 Å². The van der Waals surface area contributed by atoms with Crippen molar-refractivity contribution >= 4 is 18.1 Å². The van der Waals surface area contributed by atoms with Crippen LogP contribution in [-0.2, 0) is 16.0 Å². The molecule has 0 aromatic heterocycles. The van der Waals surface area contributed by atoms with E-state index in [0.29, 0.717) is 12.0 Å². The van der Waals surface area contributed by atoms with Crippen LogP contribution in [0.25, 0.3) is 0 Å². The highest BCUT2D eigenvalue weighted by Gasteiger charge is 2.06. The molecule has 0 N–H and O–H groups in total. The minimum absolute atomic E-state index is 0.268. The summed E-state index contributed by atoms with van der Waals surface area (Å²) in [5.41, 5.74) is 2.75. The molecule has 0 bridgehead atoms. The molecule has 2 aromatic carbocycles. The van der Waals surface area contributed by atoms with Crippen LogP contribution < -0.4 is 4.74 Å². The molecule has 2 aromatic rings. The molecule has 120 valence electrons. The van der Waals surface area contributed by atoms with Crippen LogP contribution in [0, 0.1) is 0 Å². The SMILES string of the molecule is CCCCc1ccc(N=C(OC=O)c2ccc(OC)cc2)cc1. The van der Waals surface area contributed by atoms with E-state index in [1.165, 1.54) is 18.4 Å². The number of hydrogen-bond acceptors (Lipinski definition) is 4. The molecule has 2 rings (SSSR count). The van der Waals surface area contributed by atoms with Crippen LogP contribution in [0.15, 0.2) is 53.5 Å². The van der Waals surface area contributed by atoms with E-state index >= 15 is 0 Å². The number of ether oxygens (including phenoxy) is 2. The molecule has 0 spiro atoms. The number of carbonyl (C=O) groups is 1. The number of hydrogen-bond donors (Lipinski definition) is 0. The molecule has 0 heterocycles. The fourth-order valence-corrected chi connectivity index (χ4v) is 2.17. The second kappa shape index (κ2) is 8.73. The van der Waals surface area contributed by atoms with Crippen LogP contribution in [0.2, 0.25) is 0 Å². The molecular weight excluding hydrogens is 290 g/mol. The zero-order chi connectivity index (χ0) is 16.5. The summed E-state index contributed by atoms with van der Waals surface area (Å²) in [6.45, 7) is 2.56. The Morgan fingerprint density at radius 3 is 2.35 bits per heavy atom. The second-order valence-corrected chi connectivity index (χ2v) is 5.13. The minimum atomic E-state index is 0.268. The lowest BCUT2D eigenvalue weighted by Gasteiger charge is -2.06. The van der Waals surface area contributed by atoms with E-state index in [1.807, 2.05) is 12.1 Å². The number of aliphatic imine (C=N–C) groups is 1. The summed E-state index contributed by atoms with van der Waals surface area (Å²) >= 11 is 0. The topological polar surface area (TPSA) is 47.9 Å². The minimum Gasteiger partial charge on any atom is -0.497 e. The van der Waals surface area contributed by atoms with E-state index < -0.39 is 0 Å². The Kier molecular flexibility index (Phi) is 6.36. The van der Waals surface area contributed by atoms with Crippen LogP contribution in [0.4, 0.5) is 5.69 Å². The monoisotopic (exact) mass is 311 g/mol. The first-order valence-corrected chi connectivity index (χ1v) is 7.69. The maximum absolute atomic E-state index is 10.7. The van der Waals surface area contributed by atoms with Crippen molar-refractivity contribution in [3.05, 3.63) is 59.7 Å². The van der Waals surface area contributed by atoms with Crippen molar-refractivity contribution in [1.29, 1.82) is 0 Å². The van der Waals surface area contributed by atoms with Crippen LogP contribution in [-0.4, -0.2) is 19.5 Å². The Bertz CT molecular complexity index is 645. The van der Waals surface area contributed by atoms with Gasteiger partial charge in [-0.15, -0.1) is 0 Å². The van der Waals surface area contributed by atoms with Gasteiger partial charge in [0, 0.05) is 5.56 Å². The van der Waals surface area contributed by atoms with Crippen molar-refractivity contribution in [2.75, 3.05) is 7.11 Å². The fourth-order valence-electron chi connectivity index (χ4n) is 2.17. The highest BCUT2D eigenvalue weighted by Crippen LogP contribution is 2.18. The molecule has 0 unspecified atom stereocenters. The third-order valence-electron chi connectivity index (χ3n) is 3.48. The average Bonchev–Trinajstić information content (AvgIpc) is 2.61. The van der Waals surface area contributed by atoms with Gasteiger partial charge in [0.15, 0.2) is 0 Å². The zero-order valence-electron chi connectivity index (χ0n) is 13.5. The average molecular weight is 311 g/mol. The number of benzene rings is 2. The van der Waals surface area contributed by atoms with Crippen LogP contribution in [0.1, 0.15) is 30.9 Å². The van der Waals surface area contributed by atoms with E-state index in [2.05, 4.69) is 24.0 Å². The van der Waals surface area contributed by atoms with Gasteiger partial charge in [-0.05, 0) is 54.8 Å². The third kappa shape index (κ3) is 4.95. The lowest BCUT2D eigenvalue weighted by atomic mass is 10.1. The summed E-state index contributed by atoms with van der Waals surface area (Å²) in [6.07, 6.45) is 3.42. The maximum Gasteiger partial charge on any atom is 0.299 e. The Balaban J connectivity index is 2.21. The molecule has 0 fully saturated rings. The third-order valence-corrected chi connectivity index (χ3v) is 3.48. The lowest BCUT2D eigenvalue weighted by molar-refractivity contribution is -0.121. The lowest BCUT2D eigenvalue weighted by Crippen LogP contribution is -2.05. The van der Waals surface area contributed by atoms with Crippen molar-refractivity contribution in [2.24, 2.45) is 4.99 Å². The summed E-state index contributed by atoms with van der Waals surface area (Å²) in [5, 5.41) is 0. The van der Waals surface area contributed by atoms with E-state index in [4.69, 9.17) is 9.47 Å². The van der Waals surface area contributed by atoms with E-state index in [1.54, 1.807) is 31.4 Å². The number of carbonyl (C=O) groups excluding carboxylic acids is 1. The Hall–Kier alpha value is -2.62. The van der Waals surface area contributed by atoms with Gasteiger partial charge in [0.2, 0.25) is 5.90 Å². The molecule has 23 heavy (non-hydrogen) atoms. The summed E-state index contributed by atoms with van der Waals surface area (Å²) in [6, 6.07) is 15.2. The van der Waals surface area contributed by atoms with Gasteiger partial charge in [-0.3, -0.25) is 4.79 Å². The van der Waals surface area contributed by atoms with Gasteiger partial charge < -0.3 is 9.47 Å². The molecule has 0 aliphatic carbocycles. The molecule has 0 saturated heterocycles. The molecular formula is C19H21NO3. The van der Waals surface area contributed by atoms with E-state index in [9.17, 15) is 4.79 Å². The summed E-state index contributed by atoms with van der Waals surface area (Å²) < 4.78 is 10.2. The predicted molar refractivity (Wildman–Crippen MR) is 91.4 cm³/mol. The number of aryl methyl sites for hydroxylation is 1. The highest BCUT2D eigenvalue weighted by molar-refractivity contribution is 5.98. The smallest absolute Gasteiger partial charge is 0.299 e. The standard InChI is InChI=1S/C19H21NO3/c1-3-4-5-15-6-10-17(11-7-15)20-19(23-14-21)16-8-12-18(22-2)13-9-16/h6-14H,3-5H2,1-2H3. The van der Waals surface area contributed by atoms with Crippen molar-refractivity contribution < 1.29 is 14.3 Å².